The zero-order valence-electron chi connectivity index (χ0n) is 28.6. The van der Waals surface area contributed by atoms with Crippen molar-refractivity contribution in [3.05, 3.63) is 187 Å². The second-order valence-corrected chi connectivity index (χ2v) is 15.2. The summed E-state index contributed by atoms with van der Waals surface area (Å²) < 4.78 is 2.61. The summed E-state index contributed by atoms with van der Waals surface area (Å²) in [6.07, 6.45) is 0. The van der Waals surface area contributed by atoms with Crippen LogP contribution >= 0.6 is 11.3 Å². The maximum Gasteiger partial charge on any atom is 0.0621 e. The lowest BCUT2D eigenvalue weighted by Gasteiger charge is -2.31. The number of nitrogens with zero attached hydrogens (tertiary/aromatic N) is 1. The molecule has 0 amide bonds. The van der Waals surface area contributed by atoms with Gasteiger partial charge in [0.1, 0.15) is 0 Å². The van der Waals surface area contributed by atoms with Gasteiger partial charge in [0.05, 0.1) is 5.69 Å². The number of rotatable bonds is 5. The smallest absolute Gasteiger partial charge is 0.0621 e. The molecule has 1 aromatic heterocycles. The third-order valence-corrected chi connectivity index (χ3v) is 12.0. The first-order chi connectivity index (χ1) is 25.1. The molecule has 0 atom stereocenters. The molecule has 1 heterocycles. The summed E-state index contributed by atoms with van der Waals surface area (Å²) >= 11 is 1.87. The average Bonchev–Trinajstić information content (AvgIpc) is 3.66. The minimum Gasteiger partial charge on any atom is -0.309 e. The molecule has 0 fully saturated rings. The third-order valence-electron chi connectivity index (χ3n) is 10.9. The zero-order chi connectivity index (χ0) is 34.1. The zero-order valence-corrected chi connectivity index (χ0v) is 29.4. The van der Waals surface area contributed by atoms with Gasteiger partial charge in [0.15, 0.2) is 0 Å². The van der Waals surface area contributed by atoms with Gasteiger partial charge in [-0.15, -0.1) is 11.3 Å². The van der Waals surface area contributed by atoms with Crippen molar-refractivity contribution in [3.8, 4) is 33.4 Å². The van der Waals surface area contributed by atoms with Crippen LogP contribution in [0.4, 0.5) is 17.1 Å². The highest BCUT2D eigenvalue weighted by Gasteiger charge is 2.39. The van der Waals surface area contributed by atoms with Crippen LogP contribution in [-0.2, 0) is 5.41 Å². The molecule has 0 unspecified atom stereocenters. The quantitative estimate of drug-likeness (QED) is 0.176. The van der Waals surface area contributed by atoms with Gasteiger partial charge in [-0.1, -0.05) is 153 Å². The molecule has 0 aliphatic heterocycles. The first-order valence-corrected chi connectivity index (χ1v) is 18.5. The van der Waals surface area contributed by atoms with Crippen LogP contribution in [0.1, 0.15) is 25.0 Å². The van der Waals surface area contributed by atoms with Crippen molar-refractivity contribution < 1.29 is 0 Å². The molecule has 1 aliphatic rings. The molecule has 0 radical (unpaired) electrons. The van der Waals surface area contributed by atoms with Gasteiger partial charge in [-0.05, 0) is 80.7 Å². The predicted molar refractivity (Wildman–Crippen MR) is 220 cm³/mol. The Morgan fingerprint density at radius 2 is 1.02 bits per heavy atom. The van der Waals surface area contributed by atoms with E-state index in [1.54, 1.807) is 0 Å². The van der Waals surface area contributed by atoms with E-state index in [9.17, 15) is 0 Å². The molecule has 2 heteroatoms. The molecular weight excluding hydrogens is 635 g/mol. The van der Waals surface area contributed by atoms with Gasteiger partial charge in [-0.2, -0.15) is 0 Å². The van der Waals surface area contributed by atoms with Crippen molar-refractivity contribution in [1.29, 1.82) is 0 Å². The fourth-order valence-electron chi connectivity index (χ4n) is 8.37. The van der Waals surface area contributed by atoms with Crippen molar-refractivity contribution >= 4 is 59.3 Å². The van der Waals surface area contributed by atoms with Crippen molar-refractivity contribution in [3.63, 3.8) is 0 Å². The van der Waals surface area contributed by atoms with Crippen LogP contribution < -0.4 is 4.90 Å². The van der Waals surface area contributed by atoms with Crippen molar-refractivity contribution in [2.24, 2.45) is 0 Å². The van der Waals surface area contributed by atoms with Crippen molar-refractivity contribution in [2.75, 3.05) is 4.90 Å². The summed E-state index contributed by atoms with van der Waals surface area (Å²) in [5, 5.41) is 5.13. The normalized spacial score (nSPS) is 13.1. The molecular formula is C49H35NS. The SMILES string of the molecule is CC1(C)c2ccccc2-c2c1cc1ccccc1c2N(c1ccc(-c2ccccc2-c2ccccc2)cc1)c1ccc2c(c1)sc1ccccc12. The fourth-order valence-corrected chi connectivity index (χ4v) is 9.51. The van der Waals surface area contributed by atoms with Crippen LogP contribution in [0.2, 0.25) is 0 Å². The van der Waals surface area contributed by atoms with Gasteiger partial charge in [0.25, 0.3) is 0 Å². The van der Waals surface area contributed by atoms with E-state index in [1.807, 2.05) is 11.3 Å². The average molecular weight is 670 g/mol. The fraction of sp³-hybridized carbons (Fsp3) is 0.0612. The first kappa shape index (κ1) is 29.9. The molecule has 0 saturated heterocycles. The molecule has 51 heavy (non-hydrogen) atoms. The van der Waals surface area contributed by atoms with E-state index in [0.29, 0.717) is 0 Å². The Hall–Kier alpha value is -5.96. The summed E-state index contributed by atoms with van der Waals surface area (Å²) in [5.74, 6) is 0. The Balaban J connectivity index is 1.24. The third kappa shape index (κ3) is 4.67. The van der Waals surface area contributed by atoms with Gasteiger partial charge in [0.2, 0.25) is 0 Å². The van der Waals surface area contributed by atoms with E-state index in [1.165, 1.54) is 81.1 Å². The van der Waals surface area contributed by atoms with Gasteiger partial charge in [-0.25, -0.2) is 0 Å². The van der Waals surface area contributed by atoms with E-state index in [0.717, 1.165) is 11.4 Å². The maximum atomic E-state index is 2.52. The standard InChI is InChI=1S/C49H35NS/c1-49(2)43-22-12-10-21-42(43)47-44(49)30-34-16-6-7-19-39(34)48(47)50(36-28-29-41-40-20-11-13-23-45(40)51-46(41)31-36)35-26-24-33(25-27-35)38-18-9-8-17-37(38)32-14-4-3-5-15-32/h3-31H,1-2H3. The number of anilines is 3. The lowest BCUT2D eigenvalue weighted by atomic mass is 9.81. The summed E-state index contributed by atoms with van der Waals surface area (Å²) in [6.45, 7) is 4.76. The number of benzene rings is 8. The molecule has 0 bridgehead atoms. The van der Waals surface area contributed by atoms with Crippen LogP contribution in [0.15, 0.2) is 176 Å². The lowest BCUT2D eigenvalue weighted by Crippen LogP contribution is -2.16. The summed E-state index contributed by atoms with van der Waals surface area (Å²) in [6, 6.07) is 64.8. The summed E-state index contributed by atoms with van der Waals surface area (Å²) in [7, 11) is 0. The Morgan fingerprint density at radius 3 is 1.80 bits per heavy atom. The molecule has 10 rings (SSSR count). The minimum atomic E-state index is -0.128. The van der Waals surface area contributed by atoms with E-state index in [4.69, 9.17) is 0 Å². The monoisotopic (exact) mass is 669 g/mol. The second kappa shape index (κ2) is 11.6. The second-order valence-electron chi connectivity index (χ2n) is 14.1. The predicted octanol–water partition coefficient (Wildman–Crippen LogP) is 14.3. The topological polar surface area (TPSA) is 3.24 Å². The molecule has 9 aromatic rings. The molecule has 8 aromatic carbocycles. The van der Waals surface area contributed by atoms with Crippen LogP contribution in [0.5, 0.6) is 0 Å². The Kier molecular flexibility index (Phi) is 6.78. The van der Waals surface area contributed by atoms with Crippen LogP contribution in [0.25, 0.3) is 64.3 Å². The van der Waals surface area contributed by atoms with E-state index < -0.39 is 0 Å². The van der Waals surface area contributed by atoms with Gasteiger partial charge >= 0.3 is 0 Å². The molecule has 0 saturated carbocycles. The maximum absolute atomic E-state index is 2.52. The summed E-state index contributed by atoms with van der Waals surface area (Å²) in [5.41, 5.74) is 13.7. The highest BCUT2D eigenvalue weighted by molar-refractivity contribution is 7.25. The van der Waals surface area contributed by atoms with E-state index in [2.05, 4.69) is 195 Å². The number of fused-ring (bicyclic) bond motifs is 7. The van der Waals surface area contributed by atoms with Gasteiger partial charge in [0, 0.05) is 47.9 Å². The van der Waals surface area contributed by atoms with Gasteiger partial charge in [-0.3, -0.25) is 0 Å². The molecule has 0 spiro atoms. The molecule has 242 valence electrons. The molecule has 0 N–H and O–H groups in total. The van der Waals surface area contributed by atoms with Crippen LogP contribution in [-0.4, -0.2) is 0 Å². The molecule has 1 nitrogen and oxygen atoms in total. The Bertz CT molecular complexity index is 2770. The van der Waals surface area contributed by atoms with E-state index >= 15 is 0 Å². The minimum absolute atomic E-state index is 0.128. The van der Waals surface area contributed by atoms with Crippen LogP contribution in [0, 0.1) is 0 Å². The highest BCUT2D eigenvalue weighted by atomic mass is 32.1. The number of hydrogen-bond donors (Lipinski definition) is 0. The molecule has 1 aliphatic carbocycles. The van der Waals surface area contributed by atoms with E-state index in [-0.39, 0.29) is 5.41 Å². The van der Waals surface area contributed by atoms with Crippen LogP contribution in [0.3, 0.4) is 0 Å². The van der Waals surface area contributed by atoms with Gasteiger partial charge < -0.3 is 4.90 Å². The lowest BCUT2D eigenvalue weighted by molar-refractivity contribution is 0.661. The van der Waals surface area contributed by atoms with Crippen molar-refractivity contribution in [2.45, 2.75) is 19.3 Å². The number of thiophene rings is 1. The Morgan fingerprint density at radius 1 is 0.431 bits per heavy atom. The highest BCUT2D eigenvalue weighted by Crippen LogP contribution is 2.57. The number of hydrogen-bond acceptors (Lipinski definition) is 2. The summed E-state index contributed by atoms with van der Waals surface area (Å²) in [4.78, 5) is 2.52. The van der Waals surface area contributed by atoms with Crippen molar-refractivity contribution in [1.82, 2.24) is 0 Å². The first-order valence-electron chi connectivity index (χ1n) is 17.7. The largest absolute Gasteiger partial charge is 0.309 e. The Labute approximate surface area is 302 Å².